The van der Waals surface area contributed by atoms with Crippen molar-refractivity contribution >= 4 is 23.2 Å². The molecule has 0 radical (unpaired) electrons. The van der Waals surface area contributed by atoms with Gasteiger partial charge >= 0.3 is 0 Å². The van der Waals surface area contributed by atoms with E-state index in [0.29, 0.717) is 12.4 Å². The van der Waals surface area contributed by atoms with Gasteiger partial charge in [0.2, 0.25) is 0 Å². The average Bonchev–Trinajstić information content (AvgIpc) is 3.06. The third-order valence-electron chi connectivity index (χ3n) is 3.69. The van der Waals surface area contributed by atoms with Crippen molar-refractivity contribution in [3.05, 3.63) is 28.1 Å². The highest BCUT2D eigenvalue weighted by Crippen LogP contribution is 2.38. The SMILES string of the molecule is O=C(NCC1(CCl)CCCC1)c1cc([N+](=O)[O-])c[nH]1. The Balaban J connectivity index is 1.95. The van der Waals surface area contributed by atoms with E-state index in [9.17, 15) is 14.9 Å². The van der Waals surface area contributed by atoms with E-state index < -0.39 is 4.92 Å². The molecule has 1 aromatic rings. The average molecular weight is 286 g/mol. The highest BCUT2D eigenvalue weighted by molar-refractivity contribution is 6.18. The van der Waals surface area contributed by atoms with Crippen LogP contribution in [-0.2, 0) is 0 Å². The van der Waals surface area contributed by atoms with E-state index in [0.717, 1.165) is 25.7 Å². The Kier molecular flexibility index (Phi) is 4.09. The second kappa shape index (κ2) is 5.61. The monoisotopic (exact) mass is 285 g/mol. The molecule has 0 saturated heterocycles. The van der Waals surface area contributed by atoms with Crippen molar-refractivity contribution < 1.29 is 9.72 Å². The molecule has 104 valence electrons. The molecular weight excluding hydrogens is 270 g/mol. The van der Waals surface area contributed by atoms with E-state index in [1.165, 1.54) is 12.3 Å². The normalized spacial score (nSPS) is 17.3. The predicted molar refractivity (Wildman–Crippen MR) is 71.4 cm³/mol. The van der Waals surface area contributed by atoms with Gasteiger partial charge in [0.25, 0.3) is 11.6 Å². The maximum absolute atomic E-state index is 11.9. The second-order valence-corrected chi connectivity index (χ2v) is 5.32. The van der Waals surface area contributed by atoms with Crippen LogP contribution in [0.2, 0.25) is 0 Å². The molecule has 0 bridgehead atoms. The lowest BCUT2D eigenvalue weighted by molar-refractivity contribution is -0.384. The number of nitrogens with zero attached hydrogens (tertiary/aromatic N) is 1. The Bertz CT molecular complexity index is 480. The van der Waals surface area contributed by atoms with Crippen LogP contribution in [0.15, 0.2) is 12.3 Å². The van der Waals surface area contributed by atoms with Gasteiger partial charge in [-0.2, -0.15) is 0 Å². The van der Waals surface area contributed by atoms with Crippen molar-refractivity contribution in [2.24, 2.45) is 5.41 Å². The maximum atomic E-state index is 11.9. The Morgan fingerprint density at radius 3 is 2.74 bits per heavy atom. The largest absolute Gasteiger partial charge is 0.351 e. The van der Waals surface area contributed by atoms with Crippen LogP contribution in [0.3, 0.4) is 0 Å². The first kappa shape index (κ1) is 13.9. The lowest BCUT2D eigenvalue weighted by atomic mass is 9.88. The zero-order valence-corrected chi connectivity index (χ0v) is 11.2. The van der Waals surface area contributed by atoms with E-state index in [2.05, 4.69) is 10.3 Å². The quantitative estimate of drug-likeness (QED) is 0.495. The van der Waals surface area contributed by atoms with Crippen molar-refractivity contribution in [3.63, 3.8) is 0 Å². The maximum Gasteiger partial charge on any atom is 0.287 e. The third kappa shape index (κ3) is 3.07. The number of rotatable bonds is 5. The molecule has 0 aromatic carbocycles. The zero-order chi connectivity index (χ0) is 13.9. The molecule has 0 spiro atoms. The van der Waals surface area contributed by atoms with Gasteiger partial charge in [0.15, 0.2) is 0 Å². The predicted octanol–water partition coefficient (Wildman–Crippen LogP) is 2.45. The van der Waals surface area contributed by atoms with E-state index >= 15 is 0 Å². The third-order valence-corrected chi connectivity index (χ3v) is 4.26. The number of amides is 1. The Morgan fingerprint density at radius 1 is 1.53 bits per heavy atom. The Labute approximate surface area is 115 Å². The van der Waals surface area contributed by atoms with Crippen molar-refractivity contribution in [2.45, 2.75) is 25.7 Å². The molecule has 1 amide bonds. The fourth-order valence-corrected chi connectivity index (χ4v) is 2.83. The Morgan fingerprint density at radius 2 is 2.21 bits per heavy atom. The molecule has 0 aliphatic heterocycles. The van der Waals surface area contributed by atoms with E-state index in [4.69, 9.17) is 11.6 Å². The molecule has 6 nitrogen and oxygen atoms in total. The van der Waals surface area contributed by atoms with Crippen LogP contribution < -0.4 is 5.32 Å². The van der Waals surface area contributed by atoms with Crippen LogP contribution in [-0.4, -0.2) is 28.2 Å². The van der Waals surface area contributed by atoms with Gasteiger partial charge in [-0.1, -0.05) is 12.8 Å². The minimum atomic E-state index is -0.537. The number of hydrogen-bond acceptors (Lipinski definition) is 3. The van der Waals surface area contributed by atoms with Crippen molar-refractivity contribution in [2.75, 3.05) is 12.4 Å². The van der Waals surface area contributed by atoms with Crippen LogP contribution >= 0.6 is 11.6 Å². The molecular formula is C12H16ClN3O3. The number of H-pyrrole nitrogens is 1. The van der Waals surface area contributed by atoms with Crippen LogP contribution in [0, 0.1) is 15.5 Å². The number of nitrogens with one attached hydrogen (secondary N) is 2. The van der Waals surface area contributed by atoms with Crippen molar-refractivity contribution in [1.82, 2.24) is 10.3 Å². The summed E-state index contributed by atoms with van der Waals surface area (Å²) in [5.74, 6) is 0.197. The molecule has 1 heterocycles. The van der Waals surface area contributed by atoms with Gasteiger partial charge in [0.05, 0.1) is 11.1 Å². The van der Waals surface area contributed by atoms with Crippen LogP contribution in [0.5, 0.6) is 0 Å². The minimum Gasteiger partial charge on any atom is -0.351 e. The Hall–Kier alpha value is -1.56. The molecule has 1 aliphatic carbocycles. The first-order valence-electron chi connectivity index (χ1n) is 6.23. The number of nitro groups is 1. The molecule has 1 aromatic heterocycles. The van der Waals surface area contributed by atoms with Crippen LogP contribution in [0.25, 0.3) is 0 Å². The fourth-order valence-electron chi connectivity index (χ4n) is 2.47. The summed E-state index contributed by atoms with van der Waals surface area (Å²) in [6, 6.07) is 1.23. The number of alkyl halides is 1. The van der Waals surface area contributed by atoms with Gasteiger partial charge in [0, 0.05) is 23.9 Å². The van der Waals surface area contributed by atoms with Gasteiger partial charge in [-0.15, -0.1) is 11.6 Å². The number of aromatic amines is 1. The molecule has 1 fully saturated rings. The summed E-state index contributed by atoms with van der Waals surface area (Å²) in [7, 11) is 0. The second-order valence-electron chi connectivity index (χ2n) is 5.05. The first-order valence-corrected chi connectivity index (χ1v) is 6.77. The van der Waals surface area contributed by atoms with Gasteiger partial charge in [-0.3, -0.25) is 14.9 Å². The van der Waals surface area contributed by atoms with Gasteiger partial charge < -0.3 is 10.3 Å². The summed E-state index contributed by atoms with van der Waals surface area (Å²) in [6.45, 7) is 0.516. The van der Waals surface area contributed by atoms with E-state index in [1.54, 1.807) is 0 Å². The highest BCUT2D eigenvalue weighted by atomic mass is 35.5. The summed E-state index contributed by atoms with van der Waals surface area (Å²) >= 11 is 5.99. The summed E-state index contributed by atoms with van der Waals surface area (Å²) in [5.41, 5.74) is 0.0722. The molecule has 7 heteroatoms. The molecule has 0 unspecified atom stereocenters. The van der Waals surface area contributed by atoms with Crippen LogP contribution in [0.4, 0.5) is 5.69 Å². The van der Waals surface area contributed by atoms with Gasteiger partial charge in [0.1, 0.15) is 5.69 Å². The highest BCUT2D eigenvalue weighted by Gasteiger charge is 2.33. The van der Waals surface area contributed by atoms with Crippen molar-refractivity contribution in [1.29, 1.82) is 0 Å². The fraction of sp³-hybridized carbons (Fsp3) is 0.583. The number of aromatic nitrogens is 1. The summed E-state index contributed by atoms with van der Waals surface area (Å²) < 4.78 is 0. The number of carbonyl (C=O) groups excluding carboxylic acids is 1. The summed E-state index contributed by atoms with van der Waals surface area (Å²) in [4.78, 5) is 24.5. The first-order chi connectivity index (χ1) is 9.06. The lowest BCUT2D eigenvalue weighted by Gasteiger charge is -2.26. The van der Waals surface area contributed by atoms with Crippen molar-refractivity contribution in [3.8, 4) is 0 Å². The van der Waals surface area contributed by atoms with E-state index in [-0.39, 0.29) is 22.7 Å². The molecule has 19 heavy (non-hydrogen) atoms. The topological polar surface area (TPSA) is 88.0 Å². The number of carbonyl (C=O) groups is 1. The zero-order valence-electron chi connectivity index (χ0n) is 10.4. The molecule has 1 saturated carbocycles. The van der Waals surface area contributed by atoms with E-state index in [1.807, 2.05) is 0 Å². The lowest BCUT2D eigenvalue weighted by Crippen LogP contribution is -2.37. The smallest absolute Gasteiger partial charge is 0.287 e. The molecule has 0 atom stereocenters. The number of hydrogen-bond donors (Lipinski definition) is 2. The molecule has 2 N–H and O–H groups in total. The minimum absolute atomic E-state index is 0.0181. The standard InChI is InChI=1S/C12H16ClN3O3/c13-7-12(3-1-2-4-12)8-15-11(17)10-5-9(6-14-10)16(18)19/h5-6,14H,1-4,7-8H2,(H,15,17). The summed E-state index contributed by atoms with van der Waals surface area (Å²) in [6.07, 6.45) is 5.51. The van der Waals surface area contributed by atoms with Gasteiger partial charge in [-0.05, 0) is 12.8 Å². The van der Waals surface area contributed by atoms with Crippen LogP contribution in [0.1, 0.15) is 36.2 Å². The summed E-state index contributed by atoms with van der Waals surface area (Å²) in [5, 5.41) is 13.3. The van der Waals surface area contributed by atoms with Gasteiger partial charge in [-0.25, -0.2) is 0 Å². The molecule has 1 aliphatic rings. The number of halogens is 1. The molecule has 2 rings (SSSR count).